The number of carbonyl (C=O) groups excluding carboxylic acids is 3. The number of hydrogen-bond donors (Lipinski definition) is 0. The Bertz CT molecular complexity index is 1480. The second-order valence-electron chi connectivity index (χ2n) is 20.9. The van der Waals surface area contributed by atoms with Crippen molar-refractivity contribution < 1.29 is 28.6 Å². The number of unbranched alkanes of at least 4 members (excludes halogenated alkanes) is 30. The average Bonchev–Trinajstić information content (AvgIpc) is 3.41. The van der Waals surface area contributed by atoms with Crippen molar-refractivity contribution in [3.63, 3.8) is 0 Å². The van der Waals surface area contributed by atoms with Crippen LogP contribution < -0.4 is 0 Å². The number of allylic oxidation sites excluding steroid dienone is 16. The zero-order chi connectivity index (χ0) is 54.3. The van der Waals surface area contributed by atoms with E-state index in [0.717, 1.165) is 109 Å². The molecule has 0 radical (unpaired) electrons. The highest BCUT2D eigenvalue weighted by atomic mass is 16.6. The van der Waals surface area contributed by atoms with E-state index in [-0.39, 0.29) is 31.1 Å². The first kappa shape index (κ1) is 71.3. The molecule has 0 heterocycles. The van der Waals surface area contributed by atoms with Crippen LogP contribution >= 0.6 is 0 Å². The quantitative estimate of drug-likeness (QED) is 0.0261. The fraction of sp³-hybridized carbons (Fsp3) is 0.725. The van der Waals surface area contributed by atoms with Crippen LogP contribution in [0, 0.1) is 0 Å². The maximum atomic E-state index is 12.8. The van der Waals surface area contributed by atoms with E-state index in [9.17, 15) is 14.4 Å². The topological polar surface area (TPSA) is 78.9 Å². The van der Waals surface area contributed by atoms with Gasteiger partial charge in [-0.15, -0.1) is 0 Å². The van der Waals surface area contributed by atoms with Crippen LogP contribution in [0.4, 0.5) is 0 Å². The van der Waals surface area contributed by atoms with Crippen molar-refractivity contribution in [3.8, 4) is 0 Å². The monoisotopic (exact) mass is 1040 g/mol. The lowest BCUT2D eigenvalue weighted by Gasteiger charge is -2.18. The summed E-state index contributed by atoms with van der Waals surface area (Å²) in [5.74, 6) is -0.884. The molecule has 6 heteroatoms. The first-order chi connectivity index (χ1) is 37.0. The second kappa shape index (κ2) is 62.9. The summed E-state index contributed by atoms with van der Waals surface area (Å²) in [6, 6.07) is 0. The van der Waals surface area contributed by atoms with Crippen LogP contribution in [-0.2, 0) is 28.6 Å². The van der Waals surface area contributed by atoms with Crippen LogP contribution in [0.2, 0.25) is 0 Å². The van der Waals surface area contributed by atoms with E-state index < -0.39 is 6.10 Å². The van der Waals surface area contributed by atoms with Crippen molar-refractivity contribution in [2.45, 2.75) is 309 Å². The molecular formula is C69H118O6. The number of carbonyl (C=O) groups is 3. The smallest absolute Gasteiger partial charge is 0.306 e. The summed E-state index contributed by atoms with van der Waals surface area (Å²) in [4.78, 5) is 38.1. The lowest BCUT2D eigenvalue weighted by molar-refractivity contribution is -0.167. The molecule has 75 heavy (non-hydrogen) atoms. The molecule has 0 aliphatic carbocycles. The molecule has 1 atom stereocenters. The molecule has 0 N–H and O–H groups in total. The molecule has 0 aliphatic rings. The highest BCUT2D eigenvalue weighted by Gasteiger charge is 2.19. The molecule has 0 spiro atoms. The van der Waals surface area contributed by atoms with Crippen molar-refractivity contribution in [2.75, 3.05) is 13.2 Å². The highest BCUT2D eigenvalue weighted by molar-refractivity contribution is 5.71. The predicted molar refractivity (Wildman–Crippen MR) is 325 cm³/mol. The Morgan fingerprint density at radius 2 is 0.520 bits per heavy atom. The molecule has 430 valence electrons. The highest BCUT2D eigenvalue weighted by Crippen LogP contribution is 2.16. The summed E-state index contributed by atoms with van der Waals surface area (Å²) in [7, 11) is 0. The second-order valence-corrected chi connectivity index (χ2v) is 20.9. The molecule has 0 rings (SSSR count). The molecule has 0 fully saturated rings. The average molecular weight is 1040 g/mol. The zero-order valence-electron chi connectivity index (χ0n) is 49.3. The van der Waals surface area contributed by atoms with Gasteiger partial charge in [-0.2, -0.15) is 0 Å². The van der Waals surface area contributed by atoms with Gasteiger partial charge in [0, 0.05) is 19.3 Å². The number of rotatable bonds is 57. The minimum absolute atomic E-state index is 0.0784. The molecule has 0 aromatic carbocycles. The molecular weight excluding hydrogens is 925 g/mol. The fourth-order valence-corrected chi connectivity index (χ4v) is 8.83. The van der Waals surface area contributed by atoms with Gasteiger partial charge in [-0.3, -0.25) is 14.4 Å². The Labute approximate surface area is 464 Å². The first-order valence-corrected chi connectivity index (χ1v) is 31.7. The Morgan fingerprint density at radius 3 is 0.827 bits per heavy atom. The predicted octanol–water partition coefficient (Wildman–Crippen LogP) is 21.7. The van der Waals surface area contributed by atoms with E-state index in [4.69, 9.17) is 14.2 Å². The minimum Gasteiger partial charge on any atom is -0.462 e. The van der Waals surface area contributed by atoms with Crippen molar-refractivity contribution in [2.24, 2.45) is 0 Å². The van der Waals surface area contributed by atoms with Crippen LogP contribution in [-0.4, -0.2) is 37.2 Å². The molecule has 0 aromatic rings. The van der Waals surface area contributed by atoms with Crippen LogP contribution in [0.15, 0.2) is 97.2 Å². The summed E-state index contributed by atoms with van der Waals surface area (Å²) < 4.78 is 16.8. The van der Waals surface area contributed by atoms with E-state index in [0.29, 0.717) is 19.3 Å². The number of hydrogen-bond acceptors (Lipinski definition) is 6. The standard InChI is InChI=1S/C69H118O6/c1-4-7-10-13-16-19-21-23-25-27-29-30-31-32-33-34-35-36-37-38-39-40-41-43-44-46-48-50-53-56-59-62-68(71)74-65-66(64-73-67(70)61-58-55-52-18-15-12-9-6-3)75-69(72)63-60-57-54-51-49-47-45-42-28-26-24-22-20-17-14-11-8-5-2/h7,10,16,19-20,22-23,25-26,28-30,32-33,35-36,66H,4-6,8-9,11-15,17-18,21,24,27,31,34,37-65H2,1-3H3/b10-7-,19-16-,22-20-,25-23-,28-26-,30-29-,33-32-,36-35-. The van der Waals surface area contributed by atoms with E-state index in [1.165, 1.54) is 154 Å². The van der Waals surface area contributed by atoms with Gasteiger partial charge in [0.15, 0.2) is 6.10 Å². The van der Waals surface area contributed by atoms with E-state index in [2.05, 4.69) is 118 Å². The number of ether oxygens (including phenoxy) is 3. The fourth-order valence-electron chi connectivity index (χ4n) is 8.83. The third-order valence-corrected chi connectivity index (χ3v) is 13.6. The first-order valence-electron chi connectivity index (χ1n) is 31.7. The molecule has 0 saturated carbocycles. The normalized spacial score (nSPS) is 12.7. The van der Waals surface area contributed by atoms with Crippen molar-refractivity contribution in [3.05, 3.63) is 97.2 Å². The molecule has 0 aliphatic heterocycles. The van der Waals surface area contributed by atoms with Gasteiger partial charge < -0.3 is 14.2 Å². The summed E-state index contributed by atoms with van der Waals surface area (Å²) in [6.07, 6.45) is 84.3. The van der Waals surface area contributed by atoms with Gasteiger partial charge in [-0.1, -0.05) is 279 Å². The summed E-state index contributed by atoms with van der Waals surface area (Å²) in [5.41, 5.74) is 0. The van der Waals surface area contributed by atoms with Crippen LogP contribution in [0.25, 0.3) is 0 Å². The third kappa shape index (κ3) is 61.1. The number of esters is 3. The Hall–Kier alpha value is -3.67. The van der Waals surface area contributed by atoms with E-state index in [1.807, 2.05) is 0 Å². The zero-order valence-corrected chi connectivity index (χ0v) is 49.3. The molecule has 0 aromatic heterocycles. The van der Waals surface area contributed by atoms with Crippen LogP contribution in [0.3, 0.4) is 0 Å². The van der Waals surface area contributed by atoms with E-state index in [1.54, 1.807) is 0 Å². The Kier molecular flexibility index (Phi) is 59.8. The van der Waals surface area contributed by atoms with Crippen molar-refractivity contribution in [1.29, 1.82) is 0 Å². The van der Waals surface area contributed by atoms with E-state index >= 15 is 0 Å². The maximum Gasteiger partial charge on any atom is 0.306 e. The minimum atomic E-state index is -0.780. The summed E-state index contributed by atoms with van der Waals surface area (Å²) in [5, 5.41) is 0. The molecule has 0 amide bonds. The molecule has 1 unspecified atom stereocenters. The Balaban J connectivity index is 4.14. The molecule has 6 nitrogen and oxygen atoms in total. The van der Waals surface area contributed by atoms with Gasteiger partial charge in [0.05, 0.1) is 0 Å². The third-order valence-electron chi connectivity index (χ3n) is 13.6. The van der Waals surface area contributed by atoms with Crippen LogP contribution in [0.5, 0.6) is 0 Å². The molecule has 0 saturated heterocycles. The lowest BCUT2D eigenvalue weighted by atomic mass is 10.0. The summed E-state index contributed by atoms with van der Waals surface area (Å²) >= 11 is 0. The van der Waals surface area contributed by atoms with Crippen molar-refractivity contribution >= 4 is 17.9 Å². The lowest BCUT2D eigenvalue weighted by Crippen LogP contribution is -2.30. The van der Waals surface area contributed by atoms with Crippen LogP contribution in [0.1, 0.15) is 303 Å². The van der Waals surface area contributed by atoms with Gasteiger partial charge in [0.2, 0.25) is 0 Å². The van der Waals surface area contributed by atoms with Gasteiger partial charge in [-0.05, 0) is 103 Å². The van der Waals surface area contributed by atoms with Gasteiger partial charge in [0.1, 0.15) is 13.2 Å². The largest absolute Gasteiger partial charge is 0.462 e. The maximum absolute atomic E-state index is 12.8. The SMILES string of the molecule is CC/C=C\C/C=C\C/C=C\C/C=C\C/C=C\C/C=C\CCCCCCCCCCCCCCC(=O)OCC(COC(=O)CCCCCCCCCC)OC(=O)CCCCCCCCC/C=C\C/C=C\CCCCCC. The van der Waals surface area contributed by atoms with Gasteiger partial charge in [0.25, 0.3) is 0 Å². The van der Waals surface area contributed by atoms with Gasteiger partial charge in [-0.25, -0.2) is 0 Å². The van der Waals surface area contributed by atoms with Gasteiger partial charge >= 0.3 is 17.9 Å². The Morgan fingerprint density at radius 1 is 0.280 bits per heavy atom. The van der Waals surface area contributed by atoms with Crippen molar-refractivity contribution in [1.82, 2.24) is 0 Å². The summed E-state index contributed by atoms with van der Waals surface area (Å²) in [6.45, 7) is 6.49. The molecule has 0 bridgehead atoms.